The number of rotatable bonds is 1. The Morgan fingerprint density at radius 2 is 1.89 bits per heavy atom. The molecule has 0 aromatic rings. The van der Waals surface area contributed by atoms with Gasteiger partial charge in [0.2, 0.25) is 0 Å². The Hall–Kier alpha value is -0.530. The van der Waals surface area contributed by atoms with E-state index in [1.165, 1.54) is 7.11 Å². The van der Waals surface area contributed by atoms with Crippen molar-refractivity contribution in [3.05, 3.63) is 6.92 Å². The van der Waals surface area contributed by atoms with Crippen molar-refractivity contribution >= 4 is 5.71 Å². The Morgan fingerprint density at radius 1 is 1.44 bits per heavy atom. The number of nitrogens with zero attached hydrogens (tertiary/aromatic N) is 1. The molecule has 0 heterocycles. The lowest BCUT2D eigenvalue weighted by atomic mass is 9.91. The molecule has 0 aliphatic rings. The van der Waals surface area contributed by atoms with Gasteiger partial charge in [-0.05, 0) is 6.92 Å². The molecule has 0 bridgehead atoms. The lowest BCUT2D eigenvalue weighted by Crippen LogP contribution is -2.16. The average molecular weight is 128 g/mol. The van der Waals surface area contributed by atoms with Crippen LogP contribution >= 0.6 is 0 Å². The Morgan fingerprint density at radius 3 is 2.00 bits per heavy atom. The maximum atomic E-state index is 4.56. The molecule has 2 heteroatoms. The fraction of sp³-hybridized carbons (Fsp3) is 0.714. The smallest absolute Gasteiger partial charge is 0.106 e. The maximum Gasteiger partial charge on any atom is 0.106 e. The van der Waals surface area contributed by atoms with Gasteiger partial charge in [-0.2, -0.15) is 0 Å². The van der Waals surface area contributed by atoms with Crippen LogP contribution in [0.1, 0.15) is 20.8 Å². The van der Waals surface area contributed by atoms with Crippen molar-refractivity contribution in [2.45, 2.75) is 20.8 Å². The van der Waals surface area contributed by atoms with Gasteiger partial charge in [-0.3, -0.25) is 0 Å². The zero-order chi connectivity index (χ0) is 7.49. The van der Waals surface area contributed by atoms with E-state index < -0.39 is 0 Å². The second-order valence-corrected chi connectivity index (χ2v) is 2.97. The van der Waals surface area contributed by atoms with E-state index >= 15 is 0 Å². The normalized spacial score (nSPS) is 13.7. The zero-order valence-corrected chi connectivity index (χ0v) is 6.56. The Kier molecular flexibility index (Phi) is 2.68. The molecule has 0 N–H and O–H groups in total. The van der Waals surface area contributed by atoms with E-state index in [4.69, 9.17) is 0 Å². The number of oxime groups is 1. The molecule has 0 saturated carbocycles. The van der Waals surface area contributed by atoms with Gasteiger partial charge >= 0.3 is 0 Å². The van der Waals surface area contributed by atoms with Gasteiger partial charge in [0.05, 0.1) is 5.71 Å². The van der Waals surface area contributed by atoms with Gasteiger partial charge in [0.25, 0.3) is 0 Å². The predicted octanol–water partition coefficient (Wildman–Crippen LogP) is 1.87. The van der Waals surface area contributed by atoms with E-state index in [2.05, 4.69) is 16.9 Å². The first-order valence-corrected chi connectivity index (χ1v) is 2.92. The van der Waals surface area contributed by atoms with Gasteiger partial charge in [-0.1, -0.05) is 25.9 Å². The van der Waals surface area contributed by atoms with Crippen LogP contribution in [-0.2, 0) is 4.84 Å². The molecule has 9 heavy (non-hydrogen) atoms. The summed E-state index contributed by atoms with van der Waals surface area (Å²) < 4.78 is 0. The quantitative estimate of drug-likeness (QED) is 0.390. The highest BCUT2D eigenvalue weighted by molar-refractivity contribution is 5.92. The van der Waals surface area contributed by atoms with Gasteiger partial charge in [0.15, 0.2) is 0 Å². The van der Waals surface area contributed by atoms with E-state index in [9.17, 15) is 0 Å². The molecular formula is C7H14NO. The molecule has 0 saturated heterocycles. The SMILES string of the molecule is [CH2]C(=NOC)C(C)(C)C. The van der Waals surface area contributed by atoms with Gasteiger partial charge in [0.1, 0.15) is 7.11 Å². The molecule has 0 aromatic heterocycles. The Balaban J connectivity index is 4.03. The van der Waals surface area contributed by atoms with Crippen LogP contribution in [0.5, 0.6) is 0 Å². The summed E-state index contributed by atoms with van der Waals surface area (Å²) in [5.74, 6) is 0. The van der Waals surface area contributed by atoms with Crippen molar-refractivity contribution in [2.75, 3.05) is 7.11 Å². The molecule has 0 rings (SSSR count). The summed E-state index contributed by atoms with van der Waals surface area (Å²) in [4.78, 5) is 4.56. The van der Waals surface area contributed by atoms with Crippen LogP contribution in [0.15, 0.2) is 5.16 Å². The summed E-state index contributed by atoms with van der Waals surface area (Å²) in [6, 6.07) is 0. The van der Waals surface area contributed by atoms with Crippen LogP contribution in [0.4, 0.5) is 0 Å². The molecular weight excluding hydrogens is 114 g/mol. The van der Waals surface area contributed by atoms with E-state index in [0.717, 1.165) is 5.71 Å². The van der Waals surface area contributed by atoms with Crippen LogP contribution in [0.3, 0.4) is 0 Å². The summed E-state index contributed by atoms with van der Waals surface area (Å²) in [5, 5.41) is 3.70. The van der Waals surface area contributed by atoms with Gasteiger partial charge in [0, 0.05) is 5.41 Å². The van der Waals surface area contributed by atoms with Crippen molar-refractivity contribution < 1.29 is 4.84 Å². The van der Waals surface area contributed by atoms with Crippen LogP contribution in [0.2, 0.25) is 0 Å². The predicted molar refractivity (Wildman–Crippen MR) is 39.3 cm³/mol. The standard InChI is InChI=1S/C7H14NO/c1-6(8-9-5)7(2,3)4/h1H2,2-5H3. The molecule has 2 nitrogen and oxygen atoms in total. The van der Waals surface area contributed by atoms with E-state index in [0.29, 0.717) is 0 Å². The maximum absolute atomic E-state index is 4.56. The lowest BCUT2D eigenvalue weighted by Gasteiger charge is -2.15. The largest absolute Gasteiger partial charge is 0.399 e. The molecule has 0 atom stereocenters. The summed E-state index contributed by atoms with van der Waals surface area (Å²) in [6.45, 7) is 9.84. The van der Waals surface area contributed by atoms with Crippen molar-refractivity contribution in [1.29, 1.82) is 0 Å². The van der Waals surface area contributed by atoms with Gasteiger partial charge < -0.3 is 4.84 Å². The van der Waals surface area contributed by atoms with Crippen molar-refractivity contribution in [3.8, 4) is 0 Å². The second-order valence-electron chi connectivity index (χ2n) is 2.97. The summed E-state index contributed by atoms with van der Waals surface area (Å²) in [6.07, 6.45) is 0. The topological polar surface area (TPSA) is 21.6 Å². The first kappa shape index (κ1) is 8.47. The average Bonchev–Trinajstić information content (AvgIpc) is 1.64. The first-order valence-electron chi connectivity index (χ1n) is 2.92. The van der Waals surface area contributed by atoms with Crippen LogP contribution < -0.4 is 0 Å². The fourth-order valence-electron chi connectivity index (χ4n) is 0.247. The molecule has 53 valence electrons. The molecule has 0 fully saturated rings. The minimum Gasteiger partial charge on any atom is -0.399 e. The third-order valence-electron chi connectivity index (χ3n) is 1.07. The summed E-state index contributed by atoms with van der Waals surface area (Å²) in [7, 11) is 1.52. The highest BCUT2D eigenvalue weighted by atomic mass is 16.6. The second kappa shape index (κ2) is 2.85. The van der Waals surface area contributed by atoms with Crippen molar-refractivity contribution in [2.24, 2.45) is 10.6 Å². The molecule has 0 amide bonds. The zero-order valence-electron chi connectivity index (χ0n) is 6.56. The van der Waals surface area contributed by atoms with E-state index in [1.807, 2.05) is 20.8 Å². The third-order valence-corrected chi connectivity index (χ3v) is 1.07. The summed E-state index contributed by atoms with van der Waals surface area (Å²) in [5.41, 5.74) is 0.792. The Bertz CT molecular complexity index is 111. The summed E-state index contributed by atoms with van der Waals surface area (Å²) >= 11 is 0. The minimum atomic E-state index is 0.0238. The van der Waals surface area contributed by atoms with Crippen LogP contribution in [0.25, 0.3) is 0 Å². The number of hydrogen-bond donors (Lipinski definition) is 0. The third kappa shape index (κ3) is 3.12. The molecule has 0 spiro atoms. The highest BCUT2D eigenvalue weighted by Crippen LogP contribution is 2.14. The molecule has 1 radical (unpaired) electrons. The molecule has 0 aliphatic heterocycles. The fourth-order valence-corrected chi connectivity index (χ4v) is 0.247. The van der Waals surface area contributed by atoms with E-state index in [1.54, 1.807) is 0 Å². The first-order chi connectivity index (χ1) is 3.98. The molecule has 0 unspecified atom stereocenters. The van der Waals surface area contributed by atoms with E-state index in [-0.39, 0.29) is 5.41 Å². The van der Waals surface area contributed by atoms with Crippen LogP contribution in [0, 0.1) is 12.3 Å². The highest BCUT2D eigenvalue weighted by Gasteiger charge is 2.14. The van der Waals surface area contributed by atoms with Gasteiger partial charge in [-0.25, -0.2) is 0 Å². The van der Waals surface area contributed by atoms with Crippen LogP contribution in [-0.4, -0.2) is 12.8 Å². The van der Waals surface area contributed by atoms with Crippen molar-refractivity contribution in [3.63, 3.8) is 0 Å². The monoisotopic (exact) mass is 128 g/mol. The Labute approximate surface area is 56.9 Å². The van der Waals surface area contributed by atoms with Gasteiger partial charge in [-0.15, -0.1) is 0 Å². The minimum absolute atomic E-state index is 0.0238. The van der Waals surface area contributed by atoms with Crippen molar-refractivity contribution in [1.82, 2.24) is 0 Å². The molecule has 0 aromatic carbocycles. The lowest BCUT2D eigenvalue weighted by molar-refractivity contribution is 0.209. The number of hydrogen-bond acceptors (Lipinski definition) is 2. The molecule has 0 aliphatic carbocycles.